The van der Waals surface area contributed by atoms with Crippen LogP contribution in [0.25, 0.3) is 0 Å². The zero-order valence-corrected chi connectivity index (χ0v) is 15.9. The molecule has 144 valence electrons. The van der Waals surface area contributed by atoms with E-state index in [1.807, 2.05) is 25.1 Å². The van der Waals surface area contributed by atoms with E-state index in [1.165, 1.54) is 17.7 Å². The molecule has 0 spiro atoms. The molecule has 0 heterocycles. The first kappa shape index (κ1) is 20.3. The Kier molecular flexibility index (Phi) is 8.16. The lowest BCUT2D eigenvalue weighted by Gasteiger charge is -2.14. The van der Waals surface area contributed by atoms with E-state index in [1.54, 1.807) is 12.1 Å². The number of nitrogens with one attached hydrogen (secondary N) is 3. The Morgan fingerprint density at radius 2 is 1.67 bits per heavy atom. The largest absolute Gasteiger partial charge is 0.508 e. The first-order chi connectivity index (χ1) is 13.1. The Labute approximate surface area is 160 Å². The third-order valence-corrected chi connectivity index (χ3v) is 4.07. The number of guanidine groups is 1. The maximum absolute atomic E-state index is 12.0. The number of hydrogen-bond donors (Lipinski definition) is 4. The molecule has 6 heteroatoms. The maximum atomic E-state index is 12.0. The molecule has 0 aromatic heterocycles. The van der Waals surface area contributed by atoms with Crippen LogP contribution in [0.2, 0.25) is 0 Å². The van der Waals surface area contributed by atoms with E-state index in [0.717, 1.165) is 12.5 Å². The molecule has 2 rings (SSSR count). The first-order valence-electron chi connectivity index (χ1n) is 9.24. The minimum Gasteiger partial charge on any atom is -0.508 e. The van der Waals surface area contributed by atoms with Crippen molar-refractivity contribution in [3.8, 4) is 5.75 Å². The van der Waals surface area contributed by atoms with Gasteiger partial charge < -0.3 is 21.1 Å². The molecule has 0 radical (unpaired) electrons. The zero-order chi connectivity index (χ0) is 19.5. The van der Waals surface area contributed by atoms with Gasteiger partial charge in [0.15, 0.2) is 5.96 Å². The molecule has 0 aliphatic rings. The number of aromatic hydroxyl groups is 1. The van der Waals surface area contributed by atoms with Crippen LogP contribution in [0, 0.1) is 0 Å². The van der Waals surface area contributed by atoms with Gasteiger partial charge in [-0.1, -0.05) is 37.3 Å². The number of benzene rings is 2. The van der Waals surface area contributed by atoms with Crippen LogP contribution in [-0.4, -0.2) is 43.2 Å². The Hall–Kier alpha value is -3.02. The van der Waals surface area contributed by atoms with Crippen molar-refractivity contribution in [2.75, 3.05) is 26.2 Å². The SMILES string of the molecule is CCNC(=NCC(C)c1ccccc1)NCCNC(=O)c1ccc(O)cc1. The molecule has 0 aliphatic heterocycles. The number of phenolic OH excluding ortho intramolecular Hbond substituents is 1. The summed E-state index contributed by atoms with van der Waals surface area (Å²) < 4.78 is 0. The van der Waals surface area contributed by atoms with E-state index in [9.17, 15) is 9.90 Å². The highest BCUT2D eigenvalue weighted by atomic mass is 16.3. The van der Waals surface area contributed by atoms with Gasteiger partial charge in [-0.15, -0.1) is 0 Å². The van der Waals surface area contributed by atoms with Gasteiger partial charge in [-0.2, -0.15) is 0 Å². The van der Waals surface area contributed by atoms with Gasteiger partial charge in [0.05, 0.1) is 0 Å². The summed E-state index contributed by atoms with van der Waals surface area (Å²) in [6, 6.07) is 16.5. The molecule has 0 saturated heterocycles. The molecule has 0 saturated carbocycles. The molecule has 2 aromatic carbocycles. The normalized spacial score (nSPS) is 12.3. The van der Waals surface area contributed by atoms with Crippen molar-refractivity contribution < 1.29 is 9.90 Å². The van der Waals surface area contributed by atoms with Gasteiger partial charge in [-0.05, 0) is 36.8 Å². The lowest BCUT2D eigenvalue weighted by Crippen LogP contribution is -2.41. The minimum absolute atomic E-state index is 0.143. The highest BCUT2D eigenvalue weighted by Gasteiger charge is 2.06. The monoisotopic (exact) mass is 368 g/mol. The Morgan fingerprint density at radius 3 is 2.33 bits per heavy atom. The Bertz CT molecular complexity index is 730. The molecular formula is C21H28N4O2. The van der Waals surface area contributed by atoms with Crippen LogP contribution in [-0.2, 0) is 0 Å². The average molecular weight is 368 g/mol. The third-order valence-electron chi connectivity index (χ3n) is 4.07. The van der Waals surface area contributed by atoms with Crippen LogP contribution in [0.1, 0.15) is 35.7 Å². The van der Waals surface area contributed by atoms with E-state index in [0.29, 0.717) is 31.1 Å². The lowest BCUT2D eigenvalue weighted by atomic mass is 10.0. The molecule has 1 atom stereocenters. The van der Waals surface area contributed by atoms with Crippen molar-refractivity contribution in [1.29, 1.82) is 0 Å². The molecule has 1 amide bonds. The number of aliphatic imine (C=N–C) groups is 1. The van der Waals surface area contributed by atoms with Crippen molar-refractivity contribution in [3.63, 3.8) is 0 Å². The van der Waals surface area contributed by atoms with Crippen molar-refractivity contribution >= 4 is 11.9 Å². The van der Waals surface area contributed by atoms with Crippen LogP contribution >= 0.6 is 0 Å². The Morgan fingerprint density at radius 1 is 1.00 bits per heavy atom. The topological polar surface area (TPSA) is 85.8 Å². The summed E-state index contributed by atoms with van der Waals surface area (Å²) in [5.74, 6) is 1.04. The second kappa shape index (κ2) is 10.9. The molecule has 0 fully saturated rings. The standard InChI is InChI=1S/C21H28N4O2/c1-3-22-21(25-15-16(2)17-7-5-4-6-8-17)24-14-13-23-20(27)18-9-11-19(26)12-10-18/h4-12,16,26H,3,13-15H2,1-2H3,(H,23,27)(H2,22,24,25). The van der Waals surface area contributed by atoms with Crippen molar-refractivity contribution in [1.82, 2.24) is 16.0 Å². The quantitative estimate of drug-likeness (QED) is 0.328. The Balaban J connectivity index is 1.78. The van der Waals surface area contributed by atoms with Gasteiger partial charge in [-0.3, -0.25) is 9.79 Å². The molecule has 1 unspecified atom stereocenters. The second-order valence-electron chi connectivity index (χ2n) is 6.26. The summed E-state index contributed by atoms with van der Waals surface area (Å²) in [6.45, 7) is 6.66. The third kappa shape index (κ3) is 7.01. The van der Waals surface area contributed by atoms with Gasteiger partial charge in [0.2, 0.25) is 0 Å². The number of nitrogens with zero attached hydrogens (tertiary/aromatic N) is 1. The van der Waals surface area contributed by atoms with Gasteiger partial charge in [0.25, 0.3) is 5.91 Å². The van der Waals surface area contributed by atoms with E-state index in [2.05, 4.69) is 40.0 Å². The van der Waals surface area contributed by atoms with Crippen LogP contribution in [0.15, 0.2) is 59.6 Å². The van der Waals surface area contributed by atoms with E-state index >= 15 is 0 Å². The van der Waals surface area contributed by atoms with Gasteiger partial charge in [0, 0.05) is 37.7 Å². The molecule has 6 nitrogen and oxygen atoms in total. The van der Waals surface area contributed by atoms with E-state index in [4.69, 9.17) is 0 Å². The van der Waals surface area contributed by atoms with Crippen LogP contribution in [0.3, 0.4) is 0 Å². The van der Waals surface area contributed by atoms with Crippen molar-refractivity contribution in [2.45, 2.75) is 19.8 Å². The summed E-state index contributed by atoms with van der Waals surface area (Å²) in [5, 5.41) is 18.5. The van der Waals surface area contributed by atoms with Crippen LogP contribution in [0.4, 0.5) is 0 Å². The summed E-state index contributed by atoms with van der Waals surface area (Å²) in [6.07, 6.45) is 0. The predicted octanol–water partition coefficient (Wildman–Crippen LogP) is 2.48. The minimum atomic E-state index is -0.170. The predicted molar refractivity (Wildman–Crippen MR) is 109 cm³/mol. The van der Waals surface area contributed by atoms with Crippen molar-refractivity contribution in [2.24, 2.45) is 4.99 Å². The lowest BCUT2D eigenvalue weighted by molar-refractivity contribution is 0.0954. The molecule has 2 aromatic rings. The number of carbonyl (C=O) groups excluding carboxylic acids is 1. The molecule has 0 bridgehead atoms. The number of carbonyl (C=O) groups is 1. The number of hydrogen-bond acceptors (Lipinski definition) is 3. The summed E-state index contributed by atoms with van der Waals surface area (Å²) in [4.78, 5) is 16.7. The number of amides is 1. The fourth-order valence-electron chi connectivity index (χ4n) is 2.53. The number of phenols is 1. The molecule has 27 heavy (non-hydrogen) atoms. The van der Waals surface area contributed by atoms with Crippen LogP contribution in [0.5, 0.6) is 5.75 Å². The van der Waals surface area contributed by atoms with Gasteiger partial charge in [-0.25, -0.2) is 0 Å². The molecular weight excluding hydrogens is 340 g/mol. The summed E-state index contributed by atoms with van der Waals surface area (Å²) in [7, 11) is 0. The second-order valence-corrected chi connectivity index (χ2v) is 6.26. The van der Waals surface area contributed by atoms with Crippen LogP contribution < -0.4 is 16.0 Å². The summed E-state index contributed by atoms with van der Waals surface area (Å²) >= 11 is 0. The molecule has 4 N–H and O–H groups in total. The van der Waals surface area contributed by atoms with E-state index < -0.39 is 0 Å². The van der Waals surface area contributed by atoms with Gasteiger partial charge in [0.1, 0.15) is 5.75 Å². The molecule has 0 aliphatic carbocycles. The van der Waals surface area contributed by atoms with E-state index in [-0.39, 0.29) is 11.7 Å². The van der Waals surface area contributed by atoms with Crippen molar-refractivity contribution in [3.05, 3.63) is 65.7 Å². The highest BCUT2D eigenvalue weighted by molar-refractivity contribution is 5.94. The fourth-order valence-corrected chi connectivity index (χ4v) is 2.53. The van der Waals surface area contributed by atoms with Gasteiger partial charge >= 0.3 is 0 Å². The number of rotatable bonds is 8. The highest BCUT2D eigenvalue weighted by Crippen LogP contribution is 2.14. The fraction of sp³-hybridized carbons (Fsp3) is 0.333. The smallest absolute Gasteiger partial charge is 0.251 e. The average Bonchev–Trinajstić information content (AvgIpc) is 2.70. The zero-order valence-electron chi connectivity index (χ0n) is 15.9. The summed E-state index contributed by atoms with van der Waals surface area (Å²) in [5.41, 5.74) is 1.78. The maximum Gasteiger partial charge on any atom is 0.251 e. The first-order valence-corrected chi connectivity index (χ1v) is 9.24.